The Hall–Kier alpha value is -3.08. The van der Waals surface area contributed by atoms with Gasteiger partial charge in [0, 0.05) is 34.4 Å². The first-order valence-corrected chi connectivity index (χ1v) is 6.78. The molecule has 0 aliphatic heterocycles. The number of anilines is 1. The number of aryl methyl sites for hydroxylation is 1. The number of aromatic amines is 1. The molecule has 2 N–H and O–H groups in total. The molecule has 0 aliphatic rings. The van der Waals surface area contributed by atoms with Crippen molar-refractivity contribution in [2.24, 2.45) is 0 Å². The van der Waals surface area contributed by atoms with E-state index in [9.17, 15) is 9.59 Å². The third-order valence-corrected chi connectivity index (χ3v) is 3.17. The average molecular weight is 294 g/mol. The molecule has 0 fully saturated rings. The zero-order valence-electron chi connectivity index (χ0n) is 11.9. The number of benzene rings is 1. The molecule has 0 aliphatic carbocycles. The summed E-state index contributed by atoms with van der Waals surface area (Å²) < 4.78 is 5.11. The molecule has 2 heterocycles. The van der Waals surface area contributed by atoms with E-state index in [1.54, 1.807) is 36.4 Å². The number of H-pyrrole nitrogens is 1. The summed E-state index contributed by atoms with van der Waals surface area (Å²) in [6.07, 6.45) is 4.49. The molecule has 5 heteroatoms. The first-order chi connectivity index (χ1) is 10.6. The van der Waals surface area contributed by atoms with Crippen LogP contribution in [0.3, 0.4) is 0 Å². The van der Waals surface area contributed by atoms with Crippen molar-refractivity contribution in [2.75, 3.05) is 5.32 Å². The maximum Gasteiger partial charge on any atom is 0.248 e. The molecule has 3 aromatic rings. The highest BCUT2D eigenvalue weighted by Crippen LogP contribution is 2.15. The molecule has 22 heavy (non-hydrogen) atoms. The molecule has 1 aromatic carbocycles. The van der Waals surface area contributed by atoms with Crippen LogP contribution in [0.1, 0.15) is 11.5 Å². The number of nitrogens with one attached hydrogen (secondary N) is 2. The standard InChI is InChI=1S/C17H14N2O3/c1-11-9-16(20)14-10-12(4-6-15(14)18-11)19-17(21)7-5-13-3-2-8-22-13/h2-10H,1H3,(H,18,20)(H,19,21)/b7-5+. The molecule has 5 nitrogen and oxygen atoms in total. The summed E-state index contributed by atoms with van der Waals surface area (Å²) in [5.41, 5.74) is 2.04. The maximum absolute atomic E-state index is 12.0. The van der Waals surface area contributed by atoms with Crippen molar-refractivity contribution < 1.29 is 9.21 Å². The molecular formula is C17H14N2O3. The van der Waals surface area contributed by atoms with Crippen molar-refractivity contribution in [1.82, 2.24) is 4.98 Å². The van der Waals surface area contributed by atoms with E-state index in [4.69, 9.17) is 4.42 Å². The minimum atomic E-state index is -0.292. The van der Waals surface area contributed by atoms with E-state index in [1.165, 1.54) is 18.4 Å². The van der Waals surface area contributed by atoms with E-state index >= 15 is 0 Å². The fourth-order valence-corrected chi connectivity index (χ4v) is 2.19. The highest BCUT2D eigenvalue weighted by Gasteiger charge is 2.03. The van der Waals surface area contributed by atoms with Gasteiger partial charge in [-0.1, -0.05) is 0 Å². The molecule has 0 bridgehead atoms. The van der Waals surface area contributed by atoms with Crippen LogP contribution in [-0.4, -0.2) is 10.9 Å². The number of carbonyl (C=O) groups is 1. The van der Waals surface area contributed by atoms with Crippen LogP contribution in [0.4, 0.5) is 5.69 Å². The Labute approximate surface area is 126 Å². The van der Waals surface area contributed by atoms with Crippen molar-refractivity contribution in [3.8, 4) is 0 Å². The maximum atomic E-state index is 12.0. The molecule has 110 valence electrons. The lowest BCUT2D eigenvalue weighted by molar-refractivity contribution is -0.111. The smallest absolute Gasteiger partial charge is 0.248 e. The van der Waals surface area contributed by atoms with Crippen LogP contribution in [0.15, 0.2) is 57.9 Å². The number of hydrogen-bond acceptors (Lipinski definition) is 3. The van der Waals surface area contributed by atoms with Crippen molar-refractivity contribution >= 4 is 28.6 Å². The SMILES string of the molecule is Cc1cc(=O)c2cc(NC(=O)/C=C/c3ccco3)ccc2[nH]1. The Morgan fingerprint density at radius 3 is 2.91 bits per heavy atom. The van der Waals surface area contributed by atoms with E-state index in [1.807, 2.05) is 6.92 Å². The van der Waals surface area contributed by atoms with E-state index in [-0.39, 0.29) is 11.3 Å². The van der Waals surface area contributed by atoms with Crippen LogP contribution in [0.2, 0.25) is 0 Å². The molecule has 0 spiro atoms. The van der Waals surface area contributed by atoms with Gasteiger partial charge in [0.05, 0.1) is 6.26 Å². The van der Waals surface area contributed by atoms with Gasteiger partial charge in [-0.3, -0.25) is 9.59 Å². The summed E-state index contributed by atoms with van der Waals surface area (Å²) in [5, 5.41) is 3.26. The zero-order chi connectivity index (χ0) is 15.5. The van der Waals surface area contributed by atoms with Gasteiger partial charge in [0.1, 0.15) is 5.76 Å². The van der Waals surface area contributed by atoms with E-state index in [2.05, 4.69) is 10.3 Å². The van der Waals surface area contributed by atoms with Crippen LogP contribution in [0.25, 0.3) is 17.0 Å². The second-order valence-electron chi connectivity index (χ2n) is 4.91. The van der Waals surface area contributed by atoms with Gasteiger partial charge >= 0.3 is 0 Å². The number of aromatic nitrogens is 1. The van der Waals surface area contributed by atoms with Gasteiger partial charge in [-0.05, 0) is 43.3 Å². The molecule has 0 unspecified atom stereocenters. The summed E-state index contributed by atoms with van der Waals surface area (Å²) in [6.45, 7) is 1.83. The number of fused-ring (bicyclic) bond motifs is 1. The number of amides is 1. The third kappa shape index (κ3) is 2.98. The van der Waals surface area contributed by atoms with Gasteiger partial charge in [0.15, 0.2) is 5.43 Å². The van der Waals surface area contributed by atoms with Crippen molar-refractivity contribution in [3.63, 3.8) is 0 Å². The largest absolute Gasteiger partial charge is 0.465 e. The van der Waals surface area contributed by atoms with Crippen LogP contribution in [0, 0.1) is 6.92 Å². The van der Waals surface area contributed by atoms with E-state index in [0.29, 0.717) is 16.8 Å². The summed E-state index contributed by atoms with van der Waals surface area (Å²) in [7, 11) is 0. The highest BCUT2D eigenvalue weighted by atomic mass is 16.3. The fraction of sp³-hybridized carbons (Fsp3) is 0.0588. The Kier molecular flexibility index (Phi) is 3.62. The highest BCUT2D eigenvalue weighted by molar-refractivity contribution is 6.02. The number of hydrogen-bond donors (Lipinski definition) is 2. The van der Waals surface area contributed by atoms with Gasteiger partial charge in [-0.25, -0.2) is 0 Å². The van der Waals surface area contributed by atoms with Crippen LogP contribution < -0.4 is 10.7 Å². The predicted molar refractivity (Wildman–Crippen MR) is 85.7 cm³/mol. The van der Waals surface area contributed by atoms with Crippen LogP contribution in [-0.2, 0) is 4.79 Å². The van der Waals surface area contributed by atoms with Crippen molar-refractivity contribution in [1.29, 1.82) is 0 Å². The molecular weight excluding hydrogens is 280 g/mol. The summed E-state index contributed by atoms with van der Waals surface area (Å²) in [6, 6.07) is 10.2. The molecule has 0 radical (unpaired) electrons. The van der Waals surface area contributed by atoms with Gasteiger partial charge in [0.25, 0.3) is 0 Å². The molecule has 0 atom stereocenters. The monoisotopic (exact) mass is 294 g/mol. The Morgan fingerprint density at radius 2 is 2.14 bits per heavy atom. The van der Waals surface area contributed by atoms with Gasteiger partial charge in [0.2, 0.25) is 5.91 Å². The Morgan fingerprint density at radius 1 is 1.27 bits per heavy atom. The summed E-state index contributed by atoms with van der Waals surface area (Å²) >= 11 is 0. The molecule has 2 aromatic heterocycles. The zero-order valence-corrected chi connectivity index (χ0v) is 11.9. The topological polar surface area (TPSA) is 75.1 Å². The first kappa shape index (κ1) is 13.9. The second-order valence-corrected chi connectivity index (χ2v) is 4.91. The Bertz CT molecular complexity index is 905. The molecule has 1 amide bonds. The lowest BCUT2D eigenvalue weighted by atomic mass is 10.1. The Balaban J connectivity index is 1.82. The number of carbonyl (C=O) groups excluding carboxylic acids is 1. The number of rotatable bonds is 3. The fourth-order valence-electron chi connectivity index (χ4n) is 2.19. The average Bonchev–Trinajstić information content (AvgIpc) is 2.99. The minimum Gasteiger partial charge on any atom is -0.465 e. The predicted octanol–water partition coefficient (Wildman–Crippen LogP) is 3.08. The van der Waals surface area contributed by atoms with Crippen LogP contribution >= 0.6 is 0 Å². The van der Waals surface area contributed by atoms with Gasteiger partial charge in [-0.15, -0.1) is 0 Å². The summed E-state index contributed by atoms with van der Waals surface area (Å²) in [4.78, 5) is 26.9. The van der Waals surface area contributed by atoms with Gasteiger partial charge < -0.3 is 14.7 Å². The van der Waals surface area contributed by atoms with Crippen LogP contribution in [0.5, 0.6) is 0 Å². The molecule has 0 saturated heterocycles. The van der Waals surface area contributed by atoms with Gasteiger partial charge in [-0.2, -0.15) is 0 Å². The lowest BCUT2D eigenvalue weighted by Crippen LogP contribution is -2.09. The quantitative estimate of drug-likeness (QED) is 0.729. The van der Waals surface area contributed by atoms with Crippen molar-refractivity contribution in [3.05, 3.63) is 70.4 Å². The number of pyridine rings is 1. The van der Waals surface area contributed by atoms with E-state index in [0.717, 1.165) is 11.2 Å². The van der Waals surface area contributed by atoms with Crippen molar-refractivity contribution in [2.45, 2.75) is 6.92 Å². The molecule has 3 rings (SSSR count). The van der Waals surface area contributed by atoms with E-state index < -0.39 is 0 Å². The second kappa shape index (κ2) is 5.73. The number of furan rings is 1. The molecule has 0 saturated carbocycles. The normalized spacial score (nSPS) is 11.1. The minimum absolute atomic E-state index is 0.0755. The third-order valence-electron chi connectivity index (χ3n) is 3.17. The first-order valence-electron chi connectivity index (χ1n) is 6.78. The summed E-state index contributed by atoms with van der Waals surface area (Å²) in [5.74, 6) is 0.305. The lowest BCUT2D eigenvalue weighted by Gasteiger charge is -2.05.